The zero-order valence-corrected chi connectivity index (χ0v) is 18.4. The molecule has 34 heavy (non-hydrogen) atoms. The van der Waals surface area contributed by atoms with Crippen molar-refractivity contribution in [3.05, 3.63) is 120 Å². The topological polar surface area (TPSA) is 92.4 Å². The number of benzene rings is 3. The van der Waals surface area contributed by atoms with Gasteiger partial charge in [-0.3, -0.25) is 4.79 Å². The molecule has 0 atom stereocenters. The van der Waals surface area contributed by atoms with Gasteiger partial charge in [0.15, 0.2) is 0 Å². The van der Waals surface area contributed by atoms with E-state index in [9.17, 15) is 9.59 Å². The highest BCUT2D eigenvalue weighted by Gasteiger charge is 2.10. The highest BCUT2D eigenvalue weighted by Crippen LogP contribution is 2.17. The Bertz CT molecular complexity index is 1230. The summed E-state index contributed by atoms with van der Waals surface area (Å²) in [6.45, 7) is 0.668. The van der Waals surface area contributed by atoms with E-state index in [0.717, 1.165) is 11.1 Å². The van der Waals surface area contributed by atoms with Crippen molar-refractivity contribution in [2.75, 3.05) is 10.6 Å². The van der Waals surface area contributed by atoms with E-state index in [4.69, 9.17) is 4.74 Å². The van der Waals surface area contributed by atoms with Crippen molar-refractivity contribution in [3.63, 3.8) is 0 Å². The van der Waals surface area contributed by atoms with Crippen molar-refractivity contribution in [2.45, 2.75) is 13.2 Å². The Kier molecular flexibility index (Phi) is 7.48. The number of anilines is 2. The second kappa shape index (κ2) is 11.3. The van der Waals surface area contributed by atoms with Crippen molar-refractivity contribution in [2.24, 2.45) is 0 Å². The Morgan fingerprint density at radius 2 is 1.38 bits per heavy atom. The predicted molar refractivity (Wildman–Crippen MR) is 132 cm³/mol. The number of nitrogens with one attached hydrogen (secondary N) is 3. The summed E-state index contributed by atoms with van der Waals surface area (Å²) in [4.78, 5) is 29.0. The molecule has 3 N–H and O–H groups in total. The van der Waals surface area contributed by atoms with Crippen LogP contribution in [0.3, 0.4) is 0 Å². The van der Waals surface area contributed by atoms with Crippen LogP contribution in [0.25, 0.3) is 0 Å². The maximum absolute atomic E-state index is 12.6. The fraction of sp³-hybridized carbons (Fsp3) is 0.0741. The standard InChI is InChI=1S/C27H24N4O3/c32-25(21-13-15-24(16-14-21)31-27(33)30-23-11-5-2-6-12-23)29-18-22-10-7-17-28-26(22)34-19-20-8-3-1-4-9-20/h1-17H,18-19H2,(H,29,32)(H2,30,31,33). The summed E-state index contributed by atoms with van der Waals surface area (Å²) in [5, 5.41) is 8.38. The Morgan fingerprint density at radius 3 is 2.09 bits per heavy atom. The molecule has 7 heteroatoms. The van der Waals surface area contributed by atoms with Crippen LogP contribution in [-0.2, 0) is 13.2 Å². The third kappa shape index (κ3) is 6.43. The number of pyridine rings is 1. The van der Waals surface area contributed by atoms with E-state index in [1.165, 1.54) is 0 Å². The van der Waals surface area contributed by atoms with Gasteiger partial charge in [-0.25, -0.2) is 9.78 Å². The number of hydrogen-bond donors (Lipinski definition) is 3. The number of carbonyl (C=O) groups excluding carboxylic acids is 2. The second-order valence-electron chi connectivity index (χ2n) is 7.45. The van der Waals surface area contributed by atoms with Gasteiger partial charge in [0.25, 0.3) is 5.91 Å². The van der Waals surface area contributed by atoms with Gasteiger partial charge in [0, 0.05) is 35.2 Å². The molecule has 0 aliphatic heterocycles. The van der Waals surface area contributed by atoms with Gasteiger partial charge < -0.3 is 20.7 Å². The molecule has 0 unspecified atom stereocenters. The first-order valence-electron chi connectivity index (χ1n) is 10.8. The van der Waals surface area contributed by atoms with Crippen molar-refractivity contribution in [3.8, 4) is 5.88 Å². The Labute approximate surface area is 197 Å². The first-order valence-corrected chi connectivity index (χ1v) is 10.8. The maximum atomic E-state index is 12.6. The zero-order chi connectivity index (χ0) is 23.6. The number of carbonyl (C=O) groups is 2. The largest absolute Gasteiger partial charge is 0.473 e. The van der Waals surface area contributed by atoms with Crippen molar-refractivity contribution in [1.82, 2.24) is 10.3 Å². The number of ether oxygens (including phenoxy) is 1. The third-order valence-electron chi connectivity index (χ3n) is 4.94. The van der Waals surface area contributed by atoms with Crippen LogP contribution in [-0.4, -0.2) is 16.9 Å². The molecule has 0 saturated carbocycles. The number of nitrogens with zero attached hydrogens (tertiary/aromatic N) is 1. The molecule has 0 spiro atoms. The molecule has 0 aliphatic rings. The van der Waals surface area contributed by atoms with Crippen LogP contribution < -0.4 is 20.7 Å². The minimum absolute atomic E-state index is 0.238. The van der Waals surface area contributed by atoms with Crippen molar-refractivity contribution < 1.29 is 14.3 Å². The molecule has 0 radical (unpaired) electrons. The average Bonchev–Trinajstić information content (AvgIpc) is 2.88. The van der Waals surface area contributed by atoms with Crippen LogP contribution >= 0.6 is 0 Å². The first-order chi connectivity index (χ1) is 16.7. The van der Waals surface area contributed by atoms with E-state index in [1.807, 2.05) is 54.6 Å². The predicted octanol–water partition coefficient (Wildman–Crippen LogP) is 5.23. The summed E-state index contributed by atoms with van der Waals surface area (Å²) >= 11 is 0. The molecule has 3 amide bonds. The molecule has 3 aromatic carbocycles. The summed E-state index contributed by atoms with van der Waals surface area (Å²) in [5.74, 6) is 0.244. The van der Waals surface area contributed by atoms with Crippen LogP contribution in [0.5, 0.6) is 5.88 Å². The Hall–Kier alpha value is -4.65. The zero-order valence-electron chi connectivity index (χ0n) is 18.4. The fourth-order valence-electron chi connectivity index (χ4n) is 3.21. The van der Waals surface area contributed by atoms with Gasteiger partial charge >= 0.3 is 6.03 Å². The highest BCUT2D eigenvalue weighted by molar-refractivity contribution is 6.00. The molecule has 1 aromatic heterocycles. The monoisotopic (exact) mass is 452 g/mol. The quantitative estimate of drug-likeness (QED) is 0.341. The minimum Gasteiger partial charge on any atom is -0.473 e. The lowest BCUT2D eigenvalue weighted by molar-refractivity contribution is 0.0950. The van der Waals surface area contributed by atoms with Gasteiger partial charge in [-0.1, -0.05) is 54.6 Å². The lowest BCUT2D eigenvalue weighted by atomic mass is 10.2. The fourth-order valence-corrected chi connectivity index (χ4v) is 3.21. The van der Waals surface area contributed by atoms with E-state index in [2.05, 4.69) is 20.9 Å². The summed E-state index contributed by atoms with van der Waals surface area (Å²) in [6, 6.07) is 29.0. The van der Waals surface area contributed by atoms with Gasteiger partial charge in [-0.15, -0.1) is 0 Å². The molecular formula is C27H24N4O3. The SMILES string of the molecule is O=C(Nc1ccccc1)Nc1ccc(C(=O)NCc2cccnc2OCc2ccccc2)cc1. The van der Waals surface area contributed by atoms with Gasteiger partial charge in [0.2, 0.25) is 5.88 Å². The van der Waals surface area contributed by atoms with E-state index < -0.39 is 0 Å². The van der Waals surface area contributed by atoms with Gasteiger partial charge in [-0.05, 0) is 48.0 Å². The van der Waals surface area contributed by atoms with Gasteiger partial charge in [-0.2, -0.15) is 0 Å². The van der Waals surface area contributed by atoms with Crippen LogP contribution in [0.15, 0.2) is 103 Å². The van der Waals surface area contributed by atoms with Crippen LogP contribution in [0, 0.1) is 0 Å². The lowest BCUT2D eigenvalue weighted by Gasteiger charge is -2.12. The van der Waals surface area contributed by atoms with Crippen molar-refractivity contribution >= 4 is 23.3 Å². The van der Waals surface area contributed by atoms with Crippen LogP contribution in [0.2, 0.25) is 0 Å². The summed E-state index contributed by atoms with van der Waals surface area (Å²) in [5.41, 5.74) is 3.56. The maximum Gasteiger partial charge on any atom is 0.323 e. The molecule has 0 aliphatic carbocycles. The smallest absolute Gasteiger partial charge is 0.323 e. The molecule has 0 bridgehead atoms. The number of para-hydroxylation sites is 1. The van der Waals surface area contributed by atoms with E-state index in [-0.39, 0.29) is 18.5 Å². The first kappa shape index (κ1) is 22.5. The molecule has 170 valence electrons. The second-order valence-corrected chi connectivity index (χ2v) is 7.45. The summed E-state index contributed by atoms with van der Waals surface area (Å²) in [6.07, 6.45) is 1.66. The van der Waals surface area contributed by atoms with Crippen LogP contribution in [0.4, 0.5) is 16.2 Å². The number of aromatic nitrogens is 1. The van der Waals surface area contributed by atoms with E-state index in [1.54, 1.807) is 48.7 Å². The number of hydrogen-bond acceptors (Lipinski definition) is 4. The molecule has 0 saturated heterocycles. The molecule has 1 heterocycles. The van der Waals surface area contributed by atoms with Gasteiger partial charge in [0.05, 0.1) is 0 Å². The Morgan fingerprint density at radius 1 is 0.735 bits per heavy atom. The van der Waals surface area contributed by atoms with E-state index in [0.29, 0.717) is 29.4 Å². The molecule has 4 aromatic rings. The normalized spacial score (nSPS) is 10.2. The molecular weight excluding hydrogens is 428 g/mol. The van der Waals surface area contributed by atoms with Crippen molar-refractivity contribution in [1.29, 1.82) is 0 Å². The number of rotatable bonds is 8. The van der Waals surface area contributed by atoms with Crippen LogP contribution in [0.1, 0.15) is 21.5 Å². The molecule has 7 nitrogen and oxygen atoms in total. The van der Waals surface area contributed by atoms with E-state index >= 15 is 0 Å². The highest BCUT2D eigenvalue weighted by atomic mass is 16.5. The molecule has 0 fully saturated rings. The number of urea groups is 1. The minimum atomic E-state index is -0.358. The Balaban J connectivity index is 1.30. The van der Waals surface area contributed by atoms with Gasteiger partial charge in [0.1, 0.15) is 6.61 Å². The number of amides is 3. The average molecular weight is 453 g/mol. The third-order valence-corrected chi connectivity index (χ3v) is 4.94. The summed E-state index contributed by atoms with van der Waals surface area (Å²) < 4.78 is 5.85. The summed E-state index contributed by atoms with van der Waals surface area (Å²) in [7, 11) is 0. The lowest BCUT2D eigenvalue weighted by Crippen LogP contribution is -2.23. The molecule has 4 rings (SSSR count).